The van der Waals surface area contributed by atoms with Gasteiger partial charge in [0.15, 0.2) is 5.82 Å². The van der Waals surface area contributed by atoms with Crippen LogP contribution in [0.5, 0.6) is 0 Å². The molecule has 0 spiro atoms. The number of fused-ring (bicyclic) bond motifs is 1. The third-order valence-corrected chi connectivity index (χ3v) is 5.54. The van der Waals surface area contributed by atoms with Crippen LogP contribution in [0, 0.1) is 0 Å². The van der Waals surface area contributed by atoms with Gasteiger partial charge in [-0.15, -0.1) is 0 Å². The first-order valence-electron chi connectivity index (χ1n) is 9.36. The second-order valence-corrected chi connectivity index (χ2v) is 7.25. The lowest BCUT2D eigenvalue weighted by Gasteiger charge is -2.28. The van der Waals surface area contributed by atoms with E-state index in [0.29, 0.717) is 17.6 Å². The Balaban J connectivity index is 1.58. The van der Waals surface area contributed by atoms with Crippen molar-refractivity contribution in [2.45, 2.75) is 57.1 Å². The molecule has 0 unspecified atom stereocenters. The highest BCUT2D eigenvalue weighted by Crippen LogP contribution is 2.27. The summed E-state index contributed by atoms with van der Waals surface area (Å²) in [7, 11) is 3.67. The molecule has 1 N–H and O–H groups in total. The molecule has 2 aromatic rings. The summed E-state index contributed by atoms with van der Waals surface area (Å²) in [5, 5.41) is 3.19. The van der Waals surface area contributed by atoms with Crippen LogP contribution < -0.4 is 5.32 Å². The molecule has 1 amide bonds. The highest BCUT2D eigenvalue weighted by Gasteiger charge is 2.27. The summed E-state index contributed by atoms with van der Waals surface area (Å²) in [6.07, 6.45) is 10.5. The molecule has 0 aliphatic heterocycles. The van der Waals surface area contributed by atoms with E-state index in [1.807, 2.05) is 11.6 Å². The zero-order chi connectivity index (χ0) is 18.1. The minimum Gasteiger partial charge on any atom is -0.381 e. The Morgan fingerprint density at radius 1 is 1.23 bits per heavy atom. The van der Waals surface area contributed by atoms with Gasteiger partial charge in [0.2, 0.25) is 0 Å². The minimum atomic E-state index is -0.0742. The predicted octanol–water partition coefficient (Wildman–Crippen LogP) is 2.05. The van der Waals surface area contributed by atoms with E-state index in [0.717, 1.165) is 61.9 Å². The van der Waals surface area contributed by atoms with Crippen LogP contribution in [-0.4, -0.2) is 44.7 Å². The Morgan fingerprint density at radius 2 is 2.04 bits per heavy atom. The number of nitrogens with zero attached hydrogens (tertiary/aromatic N) is 4. The van der Waals surface area contributed by atoms with E-state index in [2.05, 4.69) is 15.3 Å². The van der Waals surface area contributed by atoms with Crippen molar-refractivity contribution in [2.24, 2.45) is 7.05 Å². The van der Waals surface area contributed by atoms with Gasteiger partial charge in [0.05, 0.1) is 18.6 Å². The zero-order valence-corrected chi connectivity index (χ0v) is 15.4. The minimum absolute atomic E-state index is 0.0742. The molecule has 0 bridgehead atoms. The SMILES string of the molecule is CO[C@H]1CC[C@H](NC(=O)c2nc(-c3cncn3C)nc3c2CCC3)CC1. The van der Waals surface area contributed by atoms with Crippen molar-refractivity contribution in [3.05, 3.63) is 29.5 Å². The number of ether oxygens (including phenoxy) is 1. The summed E-state index contributed by atoms with van der Waals surface area (Å²) in [6, 6.07) is 0.195. The van der Waals surface area contributed by atoms with E-state index in [4.69, 9.17) is 9.72 Å². The number of rotatable bonds is 4. The molecule has 138 valence electrons. The molecule has 2 aliphatic carbocycles. The van der Waals surface area contributed by atoms with E-state index in [-0.39, 0.29) is 11.9 Å². The van der Waals surface area contributed by atoms with Crippen molar-refractivity contribution in [1.29, 1.82) is 0 Å². The molecule has 1 fully saturated rings. The Morgan fingerprint density at radius 3 is 2.73 bits per heavy atom. The first-order chi connectivity index (χ1) is 12.7. The van der Waals surface area contributed by atoms with Crippen LogP contribution in [0.4, 0.5) is 0 Å². The largest absolute Gasteiger partial charge is 0.381 e. The molecule has 7 nitrogen and oxygen atoms in total. The number of hydrogen-bond acceptors (Lipinski definition) is 5. The van der Waals surface area contributed by atoms with Crippen molar-refractivity contribution < 1.29 is 9.53 Å². The first kappa shape index (κ1) is 17.1. The highest BCUT2D eigenvalue weighted by molar-refractivity contribution is 5.94. The van der Waals surface area contributed by atoms with Gasteiger partial charge in [-0.25, -0.2) is 15.0 Å². The monoisotopic (exact) mass is 355 g/mol. The number of amides is 1. The van der Waals surface area contributed by atoms with Crippen molar-refractivity contribution in [3.63, 3.8) is 0 Å². The Hall–Kier alpha value is -2.28. The Labute approximate surface area is 153 Å². The van der Waals surface area contributed by atoms with Gasteiger partial charge in [0.25, 0.3) is 5.91 Å². The molecule has 0 aromatic carbocycles. The zero-order valence-electron chi connectivity index (χ0n) is 15.4. The van der Waals surface area contributed by atoms with Gasteiger partial charge in [0.1, 0.15) is 11.4 Å². The number of imidazole rings is 1. The fraction of sp³-hybridized carbons (Fsp3) is 0.579. The third-order valence-electron chi connectivity index (χ3n) is 5.54. The van der Waals surface area contributed by atoms with Crippen molar-refractivity contribution >= 4 is 5.91 Å². The van der Waals surface area contributed by atoms with Gasteiger partial charge in [-0.3, -0.25) is 4.79 Å². The molecule has 0 atom stereocenters. The van der Waals surface area contributed by atoms with Crippen LogP contribution >= 0.6 is 0 Å². The molecule has 26 heavy (non-hydrogen) atoms. The van der Waals surface area contributed by atoms with E-state index in [1.165, 1.54) is 0 Å². The quantitative estimate of drug-likeness (QED) is 0.908. The first-order valence-corrected chi connectivity index (χ1v) is 9.36. The van der Waals surface area contributed by atoms with Crippen molar-refractivity contribution in [3.8, 4) is 11.5 Å². The molecule has 2 aliphatic rings. The van der Waals surface area contributed by atoms with Crippen LogP contribution in [0.15, 0.2) is 12.5 Å². The molecule has 0 radical (unpaired) electrons. The molecular formula is C19H25N5O2. The smallest absolute Gasteiger partial charge is 0.270 e. The van der Waals surface area contributed by atoms with Gasteiger partial charge in [-0.1, -0.05) is 0 Å². The number of carbonyl (C=O) groups excluding carboxylic acids is 1. The van der Waals surface area contributed by atoms with Gasteiger partial charge in [-0.2, -0.15) is 0 Å². The third kappa shape index (κ3) is 3.23. The topological polar surface area (TPSA) is 81.9 Å². The number of carbonyl (C=O) groups is 1. The summed E-state index contributed by atoms with van der Waals surface area (Å²) in [5.74, 6) is 0.508. The molecule has 4 rings (SSSR count). The molecule has 7 heteroatoms. The second-order valence-electron chi connectivity index (χ2n) is 7.25. The predicted molar refractivity (Wildman–Crippen MR) is 96.8 cm³/mol. The lowest BCUT2D eigenvalue weighted by atomic mass is 9.93. The number of methoxy groups -OCH3 is 1. The maximum Gasteiger partial charge on any atom is 0.270 e. The average Bonchev–Trinajstić information content (AvgIpc) is 3.30. The van der Waals surface area contributed by atoms with E-state index in [1.54, 1.807) is 19.6 Å². The standard InChI is InChI=1S/C19H25N5O2/c1-24-11-20-10-16(24)18-22-15-5-3-4-14(15)17(23-18)19(25)21-12-6-8-13(26-2)9-7-12/h10-13H,3-9H2,1-2H3,(H,21,25)/t12-,13-. The highest BCUT2D eigenvalue weighted by atomic mass is 16.5. The summed E-state index contributed by atoms with van der Waals surface area (Å²) >= 11 is 0. The lowest BCUT2D eigenvalue weighted by molar-refractivity contribution is 0.0598. The second kappa shape index (κ2) is 7.15. The van der Waals surface area contributed by atoms with Crippen molar-refractivity contribution in [2.75, 3.05) is 7.11 Å². The maximum absolute atomic E-state index is 13.0. The molecule has 2 aromatic heterocycles. The van der Waals surface area contributed by atoms with Gasteiger partial charge >= 0.3 is 0 Å². The molecule has 1 saturated carbocycles. The maximum atomic E-state index is 13.0. The van der Waals surface area contributed by atoms with E-state index >= 15 is 0 Å². The van der Waals surface area contributed by atoms with Gasteiger partial charge in [0, 0.05) is 31.5 Å². The molecule has 2 heterocycles. The lowest BCUT2D eigenvalue weighted by Crippen LogP contribution is -2.39. The summed E-state index contributed by atoms with van der Waals surface area (Å²) < 4.78 is 7.30. The molecule has 0 saturated heterocycles. The summed E-state index contributed by atoms with van der Waals surface area (Å²) in [6.45, 7) is 0. The van der Waals surface area contributed by atoms with Crippen molar-refractivity contribution in [1.82, 2.24) is 24.8 Å². The molecular weight excluding hydrogens is 330 g/mol. The average molecular weight is 355 g/mol. The summed E-state index contributed by atoms with van der Waals surface area (Å²) in [4.78, 5) is 26.5. The normalized spacial score (nSPS) is 22.2. The van der Waals surface area contributed by atoms with Crippen LogP contribution in [0.2, 0.25) is 0 Å². The number of aromatic nitrogens is 4. The van der Waals surface area contributed by atoms with E-state index in [9.17, 15) is 4.79 Å². The number of hydrogen-bond donors (Lipinski definition) is 1. The number of aryl methyl sites for hydroxylation is 2. The number of nitrogens with one attached hydrogen (secondary N) is 1. The Bertz CT molecular complexity index is 808. The van der Waals surface area contributed by atoms with Crippen LogP contribution in [-0.2, 0) is 24.6 Å². The van der Waals surface area contributed by atoms with Crippen LogP contribution in [0.1, 0.15) is 53.8 Å². The summed E-state index contributed by atoms with van der Waals surface area (Å²) in [5.41, 5.74) is 3.38. The van der Waals surface area contributed by atoms with Gasteiger partial charge in [-0.05, 0) is 44.9 Å². The van der Waals surface area contributed by atoms with Gasteiger partial charge < -0.3 is 14.6 Å². The van der Waals surface area contributed by atoms with Crippen LogP contribution in [0.3, 0.4) is 0 Å². The van der Waals surface area contributed by atoms with Crippen LogP contribution in [0.25, 0.3) is 11.5 Å². The van der Waals surface area contributed by atoms with E-state index < -0.39 is 0 Å². The fourth-order valence-electron chi connectivity index (χ4n) is 4.00. The fourth-order valence-corrected chi connectivity index (χ4v) is 4.00. The Kier molecular flexibility index (Phi) is 4.72.